The smallest absolute Gasteiger partial charge is 0.429 e. The Balaban J connectivity index is 2.46. The van der Waals surface area contributed by atoms with Gasteiger partial charge in [0.15, 0.2) is 6.29 Å². The van der Waals surface area contributed by atoms with Crippen molar-refractivity contribution in [2.24, 2.45) is 5.92 Å². The number of ether oxygens (including phenoxy) is 1. The molecule has 0 saturated carbocycles. The monoisotopic (exact) mass is 272 g/mol. The Labute approximate surface area is 109 Å². The van der Waals surface area contributed by atoms with Crippen LogP contribution in [-0.4, -0.2) is 36.6 Å². The van der Waals surface area contributed by atoms with E-state index >= 15 is 0 Å². The summed E-state index contributed by atoms with van der Waals surface area (Å²) in [6.45, 7) is 1.61. The van der Waals surface area contributed by atoms with Crippen LogP contribution >= 0.6 is 0 Å². The van der Waals surface area contributed by atoms with Crippen LogP contribution in [0.3, 0.4) is 0 Å². The third kappa shape index (κ3) is 2.72. The van der Waals surface area contributed by atoms with E-state index in [1.165, 1.54) is 6.08 Å². The second kappa shape index (κ2) is 4.72. The van der Waals surface area contributed by atoms with Crippen molar-refractivity contribution in [3.63, 3.8) is 0 Å². The van der Waals surface area contributed by atoms with Crippen LogP contribution in [0.15, 0.2) is 34.5 Å². The zero-order valence-corrected chi connectivity index (χ0v) is 10.1. The molecular formula is C12H12BF3O3. The highest BCUT2D eigenvalue weighted by Crippen LogP contribution is 2.42. The molecular weight excluding hydrogens is 260 g/mol. The number of halogens is 3. The summed E-state index contributed by atoms with van der Waals surface area (Å²) >= 11 is 0. The van der Waals surface area contributed by atoms with Gasteiger partial charge >= 0.3 is 6.18 Å². The van der Waals surface area contributed by atoms with Crippen molar-refractivity contribution >= 4 is 7.85 Å². The fraction of sp³-hybridized carbons (Fsp3) is 0.500. The summed E-state index contributed by atoms with van der Waals surface area (Å²) in [5, 5.41) is 18.2. The number of fused-ring (bicyclic) bond motifs is 1. The maximum atomic E-state index is 12.9. The number of hydrogen-bond acceptors (Lipinski definition) is 3. The van der Waals surface area contributed by atoms with E-state index in [2.05, 4.69) is 0 Å². The minimum absolute atomic E-state index is 0.181. The molecule has 0 spiro atoms. The van der Waals surface area contributed by atoms with Gasteiger partial charge in [-0.25, -0.2) is 0 Å². The summed E-state index contributed by atoms with van der Waals surface area (Å²) in [5.41, 5.74) is 0.442. The van der Waals surface area contributed by atoms with E-state index in [0.29, 0.717) is 17.5 Å². The molecule has 0 fully saturated rings. The Morgan fingerprint density at radius 2 is 2.05 bits per heavy atom. The lowest BCUT2D eigenvalue weighted by molar-refractivity contribution is -0.210. The predicted octanol–water partition coefficient (Wildman–Crippen LogP) is 1.53. The Kier molecular flexibility index (Phi) is 3.53. The molecule has 3 nitrogen and oxygen atoms in total. The zero-order chi connectivity index (χ0) is 14.4. The number of hydrogen-bond donors (Lipinski definition) is 2. The summed E-state index contributed by atoms with van der Waals surface area (Å²) < 4.78 is 43.5. The van der Waals surface area contributed by atoms with Crippen molar-refractivity contribution in [2.45, 2.75) is 31.9 Å². The van der Waals surface area contributed by atoms with Crippen molar-refractivity contribution in [1.82, 2.24) is 0 Å². The summed E-state index contributed by atoms with van der Waals surface area (Å²) in [5.74, 6) is -0.304. The molecule has 1 aliphatic heterocycles. The van der Waals surface area contributed by atoms with Gasteiger partial charge in [0.2, 0.25) is 6.10 Å². The van der Waals surface area contributed by atoms with Crippen LogP contribution in [0.2, 0.25) is 0 Å². The molecule has 0 aromatic rings. The summed E-state index contributed by atoms with van der Waals surface area (Å²) in [4.78, 5) is 0. The normalized spacial score (nSPS) is 27.7. The largest absolute Gasteiger partial charge is 0.480 e. The third-order valence-electron chi connectivity index (χ3n) is 3.12. The predicted molar refractivity (Wildman–Crippen MR) is 61.9 cm³/mol. The topological polar surface area (TPSA) is 49.7 Å². The molecule has 19 heavy (non-hydrogen) atoms. The molecule has 2 rings (SSSR count). The van der Waals surface area contributed by atoms with Crippen LogP contribution in [0.25, 0.3) is 0 Å². The second-order valence-corrected chi connectivity index (χ2v) is 4.66. The Bertz CT molecular complexity index is 477. The first-order chi connectivity index (χ1) is 8.70. The number of alkyl halides is 3. The number of allylic oxidation sites excluding steroid dienone is 4. The Morgan fingerprint density at radius 1 is 1.42 bits per heavy atom. The van der Waals surface area contributed by atoms with E-state index < -0.39 is 30.1 Å². The van der Waals surface area contributed by atoms with E-state index in [1.807, 2.05) is 0 Å². The van der Waals surface area contributed by atoms with E-state index in [9.17, 15) is 13.2 Å². The van der Waals surface area contributed by atoms with Gasteiger partial charge in [-0.05, 0) is 18.9 Å². The highest BCUT2D eigenvalue weighted by atomic mass is 19.4. The quantitative estimate of drug-likeness (QED) is 0.432. The van der Waals surface area contributed by atoms with Gasteiger partial charge in [-0.2, -0.15) is 13.2 Å². The van der Waals surface area contributed by atoms with Crippen molar-refractivity contribution < 1.29 is 28.1 Å². The van der Waals surface area contributed by atoms with E-state index in [1.54, 1.807) is 13.0 Å². The lowest BCUT2D eigenvalue weighted by Crippen LogP contribution is -2.41. The first kappa shape index (κ1) is 14.2. The van der Waals surface area contributed by atoms with Gasteiger partial charge in [-0.1, -0.05) is 12.2 Å². The molecule has 0 bridgehead atoms. The van der Waals surface area contributed by atoms with Gasteiger partial charge in [-0.15, -0.1) is 5.47 Å². The molecule has 2 unspecified atom stereocenters. The summed E-state index contributed by atoms with van der Waals surface area (Å²) in [6, 6.07) is 0. The van der Waals surface area contributed by atoms with Crippen molar-refractivity contribution in [3.8, 4) is 0 Å². The fourth-order valence-corrected chi connectivity index (χ4v) is 2.35. The summed E-state index contributed by atoms with van der Waals surface area (Å²) in [7, 11) is 5.67. The number of rotatable bonds is 1. The molecule has 0 saturated heterocycles. The zero-order valence-electron chi connectivity index (χ0n) is 10.1. The highest BCUT2D eigenvalue weighted by molar-refractivity contribution is 6.22. The number of aliphatic hydroxyl groups is 2. The fourth-order valence-electron chi connectivity index (χ4n) is 2.35. The third-order valence-corrected chi connectivity index (χ3v) is 3.12. The molecule has 0 aromatic heterocycles. The van der Waals surface area contributed by atoms with Gasteiger partial charge in [0.1, 0.15) is 13.6 Å². The first-order valence-electron chi connectivity index (χ1n) is 5.68. The van der Waals surface area contributed by atoms with Crippen LogP contribution in [0.1, 0.15) is 13.3 Å². The number of aliphatic hydroxyl groups excluding tert-OH is 1. The van der Waals surface area contributed by atoms with Gasteiger partial charge in [0.25, 0.3) is 0 Å². The van der Waals surface area contributed by atoms with E-state index in [-0.39, 0.29) is 5.76 Å². The van der Waals surface area contributed by atoms with Crippen molar-refractivity contribution in [3.05, 3.63) is 34.5 Å². The maximum Gasteiger partial charge on any atom is 0.429 e. The van der Waals surface area contributed by atoms with Crippen LogP contribution < -0.4 is 0 Å². The van der Waals surface area contributed by atoms with E-state index in [4.69, 9.17) is 22.8 Å². The molecule has 2 radical (unpaired) electrons. The molecule has 0 amide bonds. The lowest BCUT2D eigenvalue weighted by atomic mass is 9.77. The SMILES string of the molecule is [B]C1=CC(C)=C2OC(C(F)(F)F)C(C(O)O)=CC2C1. The maximum absolute atomic E-state index is 12.9. The molecule has 1 aliphatic carbocycles. The van der Waals surface area contributed by atoms with Crippen LogP contribution in [0, 0.1) is 5.92 Å². The second-order valence-electron chi connectivity index (χ2n) is 4.66. The minimum Gasteiger partial charge on any atom is -0.480 e. The van der Waals surface area contributed by atoms with Gasteiger partial charge in [0.05, 0.1) is 0 Å². The Morgan fingerprint density at radius 3 is 2.58 bits per heavy atom. The highest BCUT2D eigenvalue weighted by Gasteiger charge is 2.49. The Hall–Kier alpha value is -1.21. The van der Waals surface area contributed by atoms with Crippen molar-refractivity contribution in [1.29, 1.82) is 0 Å². The minimum atomic E-state index is -4.71. The van der Waals surface area contributed by atoms with Gasteiger partial charge in [-0.3, -0.25) is 0 Å². The van der Waals surface area contributed by atoms with Gasteiger partial charge < -0.3 is 14.9 Å². The molecule has 2 aliphatic rings. The molecule has 102 valence electrons. The standard InChI is InChI=1S/C12H12BF3O3/c1-5-2-7(13)3-6-4-8(11(17)18)10(12(14,15)16)19-9(5)6/h2,4,6,10-11,17-18H,3H2,1H3. The van der Waals surface area contributed by atoms with Crippen LogP contribution in [0.4, 0.5) is 13.2 Å². The summed E-state index contributed by atoms with van der Waals surface area (Å²) in [6.07, 6.45) is -6.20. The van der Waals surface area contributed by atoms with Crippen LogP contribution in [-0.2, 0) is 4.74 Å². The van der Waals surface area contributed by atoms with Crippen LogP contribution in [0.5, 0.6) is 0 Å². The average molecular weight is 272 g/mol. The molecule has 7 heteroatoms. The van der Waals surface area contributed by atoms with E-state index in [0.717, 1.165) is 0 Å². The first-order valence-corrected chi connectivity index (χ1v) is 5.68. The van der Waals surface area contributed by atoms with Gasteiger partial charge in [0, 0.05) is 11.5 Å². The lowest BCUT2D eigenvalue weighted by Gasteiger charge is -2.36. The average Bonchev–Trinajstić information content (AvgIpc) is 2.25. The molecule has 2 N–H and O–H groups in total. The molecule has 2 atom stereocenters. The molecule has 0 aromatic carbocycles. The van der Waals surface area contributed by atoms with Crippen molar-refractivity contribution in [2.75, 3.05) is 0 Å². The molecule has 1 heterocycles.